The van der Waals surface area contributed by atoms with E-state index < -0.39 is 0 Å². The number of nitrogens with one attached hydrogen (secondary N) is 1. The maximum absolute atomic E-state index is 12.2. The molecule has 5 heteroatoms. The first kappa shape index (κ1) is 12.0. The van der Waals surface area contributed by atoms with Gasteiger partial charge in [0.05, 0.1) is 22.9 Å². The molecule has 3 heterocycles. The zero-order valence-corrected chi connectivity index (χ0v) is 11.8. The molecule has 4 aromatic rings. The van der Waals surface area contributed by atoms with E-state index in [1.54, 1.807) is 10.8 Å². The Morgan fingerprint density at radius 2 is 2.05 bits per heavy atom. The fourth-order valence-corrected chi connectivity index (χ4v) is 2.87. The number of hydrogen-bond donors (Lipinski definition) is 1. The van der Waals surface area contributed by atoms with Crippen LogP contribution in [0.2, 0.25) is 0 Å². The molecular formula is C16H14N4O. The first-order valence-corrected chi connectivity index (χ1v) is 6.77. The molecule has 0 unspecified atom stereocenters. The van der Waals surface area contributed by atoms with Crippen molar-refractivity contribution in [2.45, 2.75) is 6.92 Å². The number of benzene rings is 1. The number of pyridine rings is 1. The fraction of sp³-hybridized carbons (Fsp3) is 0.125. The van der Waals surface area contributed by atoms with Crippen LogP contribution in [0, 0.1) is 6.92 Å². The topological polar surface area (TPSA) is 55.6 Å². The van der Waals surface area contributed by atoms with Crippen LogP contribution in [0.25, 0.3) is 27.8 Å². The number of rotatable bonds is 1. The first-order valence-electron chi connectivity index (χ1n) is 6.77. The minimum Gasteiger partial charge on any atom is -0.335 e. The lowest BCUT2D eigenvalue weighted by Crippen LogP contribution is -2.14. The molecule has 21 heavy (non-hydrogen) atoms. The Labute approximate surface area is 120 Å². The Morgan fingerprint density at radius 3 is 2.90 bits per heavy atom. The Kier molecular flexibility index (Phi) is 2.33. The van der Waals surface area contributed by atoms with E-state index in [0.29, 0.717) is 0 Å². The Balaban J connectivity index is 2.07. The third-order valence-electron chi connectivity index (χ3n) is 3.85. The van der Waals surface area contributed by atoms with Gasteiger partial charge in [0, 0.05) is 18.6 Å². The summed E-state index contributed by atoms with van der Waals surface area (Å²) in [5.74, 6) is 0. The molecule has 0 saturated carbocycles. The monoisotopic (exact) mass is 278 g/mol. The van der Waals surface area contributed by atoms with Crippen LogP contribution in [-0.4, -0.2) is 19.1 Å². The number of aryl methyl sites for hydroxylation is 2. The summed E-state index contributed by atoms with van der Waals surface area (Å²) in [7, 11) is 1.97. The number of imidazole rings is 1. The van der Waals surface area contributed by atoms with E-state index in [1.807, 2.05) is 55.1 Å². The Morgan fingerprint density at radius 1 is 1.24 bits per heavy atom. The standard InChI is InChI=1S/C16H14N4O/c1-10-9-19(2)15-12(10)7-11(8-17-15)20-14-6-4-3-5-13(14)18-16(20)21/h3-9H,1-2H3,(H,18,21). The van der Waals surface area contributed by atoms with Gasteiger partial charge in [0.2, 0.25) is 0 Å². The highest BCUT2D eigenvalue weighted by Crippen LogP contribution is 2.22. The largest absolute Gasteiger partial charge is 0.335 e. The molecule has 0 atom stereocenters. The van der Waals surface area contributed by atoms with Crippen molar-refractivity contribution in [2.24, 2.45) is 7.05 Å². The third kappa shape index (κ3) is 1.64. The molecule has 104 valence electrons. The van der Waals surface area contributed by atoms with Gasteiger partial charge < -0.3 is 9.55 Å². The molecular weight excluding hydrogens is 264 g/mol. The number of para-hydroxylation sites is 2. The molecule has 3 aromatic heterocycles. The number of fused-ring (bicyclic) bond motifs is 2. The van der Waals surface area contributed by atoms with E-state index in [-0.39, 0.29) is 5.69 Å². The van der Waals surface area contributed by atoms with Crippen LogP contribution in [0.15, 0.2) is 47.5 Å². The minimum atomic E-state index is -0.147. The summed E-state index contributed by atoms with van der Waals surface area (Å²) in [6.07, 6.45) is 3.78. The summed E-state index contributed by atoms with van der Waals surface area (Å²) in [4.78, 5) is 19.6. The molecule has 0 spiro atoms. The van der Waals surface area contributed by atoms with E-state index in [9.17, 15) is 4.79 Å². The van der Waals surface area contributed by atoms with E-state index >= 15 is 0 Å². The molecule has 0 amide bonds. The van der Waals surface area contributed by atoms with Gasteiger partial charge >= 0.3 is 5.69 Å². The van der Waals surface area contributed by atoms with Gasteiger partial charge in [-0.2, -0.15) is 0 Å². The highest BCUT2D eigenvalue weighted by Gasteiger charge is 2.11. The summed E-state index contributed by atoms with van der Waals surface area (Å²) in [5, 5.41) is 1.06. The van der Waals surface area contributed by atoms with Crippen molar-refractivity contribution in [3.8, 4) is 5.69 Å². The Bertz CT molecular complexity index is 1040. The van der Waals surface area contributed by atoms with Gasteiger partial charge in [0.25, 0.3) is 0 Å². The molecule has 0 radical (unpaired) electrons. The number of hydrogen-bond acceptors (Lipinski definition) is 2. The van der Waals surface area contributed by atoms with Crippen molar-refractivity contribution in [1.29, 1.82) is 0 Å². The van der Waals surface area contributed by atoms with Gasteiger partial charge in [-0.15, -0.1) is 0 Å². The fourth-order valence-electron chi connectivity index (χ4n) is 2.87. The minimum absolute atomic E-state index is 0.147. The number of aromatic amines is 1. The molecule has 0 aliphatic carbocycles. The maximum atomic E-state index is 12.2. The molecule has 0 aliphatic heterocycles. The lowest BCUT2D eigenvalue weighted by Gasteiger charge is -2.04. The first-order chi connectivity index (χ1) is 10.1. The smallest absolute Gasteiger partial charge is 0.331 e. The second-order valence-corrected chi connectivity index (χ2v) is 5.27. The van der Waals surface area contributed by atoms with Crippen molar-refractivity contribution in [3.05, 3.63) is 58.8 Å². The zero-order chi connectivity index (χ0) is 14.6. The van der Waals surface area contributed by atoms with Crippen LogP contribution in [0.4, 0.5) is 0 Å². The van der Waals surface area contributed by atoms with Gasteiger partial charge in [0.15, 0.2) is 0 Å². The van der Waals surface area contributed by atoms with Crippen molar-refractivity contribution in [3.63, 3.8) is 0 Å². The normalized spacial score (nSPS) is 11.5. The Hall–Kier alpha value is -2.82. The lowest BCUT2D eigenvalue weighted by molar-refractivity contribution is 0.940. The second-order valence-electron chi connectivity index (χ2n) is 5.27. The van der Waals surface area contributed by atoms with Gasteiger partial charge in [-0.1, -0.05) is 12.1 Å². The van der Waals surface area contributed by atoms with Crippen LogP contribution in [-0.2, 0) is 7.05 Å². The van der Waals surface area contributed by atoms with Crippen molar-refractivity contribution in [1.82, 2.24) is 19.1 Å². The van der Waals surface area contributed by atoms with Crippen LogP contribution in [0.3, 0.4) is 0 Å². The van der Waals surface area contributed by atoms with E-state index in [0.717, 1.165) is 33.3 Å². The summed E-state index contributed by atoms with van der Waals surface area (Å²) in [6, 6.07) is 9.67. The predicted octanol–water partition coefficient (Wildman–Crippen LogP) is 2.51. The van der Waals surface area contributed by atoms with E-state index in [1.165, 1.54) is 0 Å². The lowest BCUT2D eigenvalue weighted by atomic mass is 10.2. The molecule has 0 bridgehead atoms. The summed E-state index contributed by atoms with van der Waals surface area (Å²) >= 11 is 0. The van der Waals surface area contributed by atoms with Crippen molar-refractivity contribution >= 4 is 22.1 Å². The number of nitrogens with zero attached hydrogens (tertiary/aromatic N) is 3. The highest BCUT2D eigenvalue weighted by molar-refractivity contribution is 5.83. The molecule has 0 aliphatic rings. The van der Waals surface area contributed by atoms with E-state index in [2.05, 4.69) is 9.97 Å². The van der Waals surface area contributed by atoms with Crippen LogP contribution in [0.5, 0.6) is 0 Å². The van der Waals surface area contributed by atoms with Gasteiger partial charge in [-0.05, 0) is 30.7 Å². The molecule has 1 N–H and O–H groups in total. The molecule has 0 fully saturated rings. The SMILES string of the molecule is Cc1cn(C)c2ncc(-n3c(=O)[nH]c4ccccc43)cc12. The highest BCUT2D eigenvalue weighted by atomic mass is 16.1. The molecule has 4 rings (SSSR count). The summed E-state index contributed by atoms with van der Waals surface area (Å²) < 4.78 is 3.65. The summed E-state index contributed by atoms with van der Waals surface area (Å²) in [6.45, 7) is 2.05. The average molecular weight is 278 g/mol. The number of H-pyrrole nitrogens is 1. The third-order valence-corrected chi connectivity index (χ3v) is 3.85. The maximum Gasteiger partial charge on any atom is 0.331 e. The molecule has 1 aromatic carbocycles. The average Bonchev–Trinajstić information content (AvgIpc) is 2.95. The van der Waals surface area contributed by atoms with Gasteiger partial charge in [-0.25, -0.2) is 9.78 Å². The zero-order valence-electron chi connectivity index (χ0n) is 11.8. The number of aromatic nitrogens is 4. The van der Waals surface area contributed by atoms with Crippen molar-refractivity contribution in [2.75, 3.05) is 0 Å². The molecule has 0 saturated heterocycles. The second kappa shape index (κ2) is 4.09. The predicted molar refractivity (Wildman–Crippen MR) is 82.9 cm³/mol. The van der Waals surface area contributed by atoms with Crippen LogP contribution < -0.4 is 5.69 Å². The quantitative estimate of drug-likeness (QED) is 0.581. The van der Waals surface area contributed by atoms with Gasteiger partial charge in [-0.3, -0.25) is 4.57 Å². The van der Waals surface area contributed by atoms with Crippen LogP contribution >= 0.6 is 0 Å². The molecule has 5 nitrogen and oxygen atoms in total. The summed E-state index contributed by atoms with van der Waals surface area (Å²) in [5.41, 5.74) is 4.38. The van der Waals surface area contributed by atoms with Crippen molar-refractivity contribution < 1.29 is 0 Å². The van der Waals surface area contributed by atoms with Gasteiger partial charge in [0.1, 0.15) is 5.65 Å². The van der Waals surface area contributed by atoms with Crippen LogP contribution in [0.1, 0.15) is 5.56 Å². The van der Waals surface area contributed by atoms with E-state index in [4.69, 9.17) is 0 Å².